The number of amides is 1. The number of aliphatic carboxylic acids is 1. The lowest BCUT2D eigenvalue weighted by Gasteiger charge is -2.26. The zero-order valence-corrected chi connectivity index (χ0v) is 11.5. The molecule has 0 spiro atoms. The Morgan fingerprint density at radius 1 is 1.24 bits per heavy atom. The molecule has 1 unspecified atom stereocenters. The second kappa shape index (κ2) is 6.62. The molecule has 1 amide bonds. The largest absolute Gasteiger partial charge is 0.481 e. The van der Waals surface area contributed by atoms with Crippen LogP contribution in [0.5, 0.6) is 0 Å². The van der Waals surface area contributed by atoms with Crippen molar-refractivity contribution < 1.29 is 14.7 Å². The summed E-state index contributed by atoms with van der Waals surface area (Å²) in [7, 11) is 0. The molecule has 4 nitrogen and oxygen atoms in total. The quantitative estimate of drug-likeness (QED) is 0.721. The van der Waals surface area contributed by atoms with Crippen molar-refractivity contribution in [2.45, 2.75) is 47.5 Å². The molecule has 2 N–H and O–H groups in total. The Kier molecular flexibility index (Phi) is 6.21. The third-order valence-electron chi connectivity index (χ3n) is 2.67. The summed E-state index contributed by atoms with van der Waals surface area (Å²) in [5, 5.41) is 11.4. The number of carbonyl (C=O) groups is 2. The molecule has 0 radical (unpaired) electrons. The average molecular weight is 243 g/mol. The summed E-state index contributed by atoms with van der Waals surface area (Å²) in [5.41, 5.74) is -0.392. The van der Waals surface area contributed by atoms with Crippen molar-refractivity contribution in [3.05, 3.63) is 0 Å². The Morgan fingerprint density at radius 2 is 1.76 bits per heavy atom. The van der Waals surface area contributed by atoms with E-state index in [-0.39, 0.29) is 18.2 Å². The summed E-state index contributed by atoms with van der Waals surface area (Å²) >= 11 is 0. The van der Waals surface area contributed by atoms with E-state index in [4.69, 9.17) is 5.11 Å². The monoisotopic (exact) mass is 243 g/mol. The van der Waals surface area contributed by atoms with Crippen LogP contribution < -0.4 is 5.32 Å². The molecule has 0 aliphatic rings. The number of rotatable bonds is 7. The minimum Gasteiger partial charge on any atom is -0.481 e. The van der Waals surface area contributed by atoms with Gasteiger partial charge in [0.2, 0.25) is 5.91 Å². The Labute approximate surface area is 104 Å². The first-order valence-corrected chi connectivity index (χ1v) is 6.15. The molecule has 17 heavy (non-hydrogen) atoms. The number of hydrogen-bond donors (Lipinski definition) is 2. The van der Waals surface area contributed by atoms with Crippen molar-refractivity contribution in [3.8, 4) is 0 Å². The molecule has 4 heteroatoms. The molecule has 0 saturated carbocycles. The van der Waals surface area contributed by atoms with Gasteiger partial charge < -0.3 is 10.4 Å². The zero-order chi connectivity index (χ0) is 13.6. The molecule has 0 fully saturated rings. The smallest absolute Gasteiger partial charge is 0.303 e. The summed E-state index contributed by atoms with van der Waals surface area (Å²) in [5.74, 6) is -0.393. The van der Waals surface area contributed by atoms with Crippen molar-refractivity contribution >= 4 is 11.9 Å². The van der Waals surface area contributed by atoms with E-state index in [1.54, 1.807) is 0 Å². The van der Waals surface area contributed by atoms with Gasteiger partial charge in [-0.1, -0.05) is 34.6 Å². The van der Waals surface area contributed by atoms with E-state index < -0.39 is 11.4 Å². The maximum Gasteiger partial charge on any atom is 0.303 e. The number of carboxylic acids is 1. The second-order valence-corrected chi connectivity index (χ2v) is 5.89. The van der Waals surface area contributed by atoms with Crippen molar-refractivity contribution in [2.24, 2.45) is 17.3 Å². The van der Waals surface area contributed by atoms with E-state index in [9.17, 15) is 9.59 Å². The highest BCUT2D eigenvalue weighted by molar-refractivity contribution is 5.81. The number of carbonyl (C=O) groups excluding carboxylic acids is 1. The van der Waals surface area contributed by atoms with Gasteiger partial charge in [0.15, 0.2) is 0 Å². The molecule has 0 rings (SSSR count). The predicted molar refractivity (Wildman–Crippen MR) is 67.7 cm³/mol. The number of hydrogen-bond acceptors (Lipinski definition) is 2. The molecule has 0 heterocycles. The molecule has 0 aromatic carbocycles. The molecular weight excluding hydrogens is 218 g/mol. The van der Waals surface area contributed by atoms with Crippen LogP contribution in [0.4, 0.5) is 0 Å². The van der Waals surface area contributed by atoms with Crippen LogP contribution in [0.15, 0.2) is 0 Å². The van der Waals surface area contributed by atoms with Gasteiger partial charge in [-0.25, -0.2) is 0 Å². The molecule has 1 atom stereocenters. The molecule has 0 aliphatic heterocycles. The van der Waals surface area contributed by atoms with Crippen LogP contribution in [0, 0.1) is 17.3 Å². The highest BCUT2D eigenvalue weighted by Crippen LogP contribution is 2.25. The summed E-state index contributed by atoms with van der Waals surface area (Å²) in [6, 6.07) is 0. The van der Waals surface area contributed by atoms with E-state index in [0.717, 1.165) is 6.42 Å². The number of carboxylic acid groups (broad SMARTS) is 1. The molecular formula is C13H25NO3. The van der Waals surface area contributed by atoms with E-state index in [1.807, 2.05) is 20.8 Å². The van der Waals surface area contributed by atoms with Crippen LogP contribution in [0.3, 0.4) is 0 Å². The standard InChI is InChI=1S/C13H25NO3/c1-9(2)7-13(4,5)12(17)14-8-10(3)6-11(15)16/h9-10H,6-8H2,1-5H3,(H,14,17)(H,15,16). The molecule has 0 saturated heterocycles. The fourth-order valence-corrected chi connectivity index (χ4v) is 1.99. The van der Waals surface area contributed by atoms with Crippen LogP contribution in [0.2, 0.25) is 0 Å². The Bertz CT molecular complexity index is 272. The van der Waals surface area contributed by atoms with Crippen LogP contribution in [-0.4, -0.2) is 23.5 Å². The summed E-state index contributed by atoms with van der Waals surface area (Å²) in [4.78, 5) is 22.4. The number of nitrogens with one attached hydrogen (secondary N) is 1. The maximum absolute atomic E-state index is 11.9. The fraction of sp³-hybridized carbons (Fsp3) is 0.846. The Hall–Kier alpha value is -1.06. The Balaban J connectivity index is 4.12. The normalized spacial score (nSPS) is 13.5. The van der Waals surface area contributed by atoms with Crippen LogP contribution in [0.1, 0.15) is 47.5 Å². The van der Waals surface area contributed by atoms with Gasteiger partial charge in [-0.05, 0) is 18.3 Å². The van der Waals surface area contributed by atoms with Crippen molar-refractivity contribution in [1.29, 1.82) is 0 Å². The van der Waals surface area contributed by atoms with Crippen molar-refractivity contribution in [1.82, 2.24) is 5.32 Å². The topological polar surface area (TPSA) is 66.4 Å². The lowest BCUT2D eigenvalue weighted by Crippen LogP contribution is -2.40. The summed E-state index contributed by atoms with van der Waals surface area (Å²) in [6.07, 6.45) is 0.914. The first-order valence-electron chi connectivity index (χ1n) is 6.15. The lowest BCUT2D eigenvalue weighted by molar-refractivity contribution is -0.138. The van der Waals surface area contributed by atoms with Crippen molar-refractivity contribution in [2.75, 3.05) is 6.54 Å². The van der Waals surface area contributed by atoms with Crippen LogP contribution in [0.25, 0.3) is 0 Å². The first kappa shape index (κ1) is 15.9. The summed E-state index contributed by atoms with van der Waals surface area (Å²) in [6.45, 7) is 10.3. The Morgan fingerprint density at radius 3 is 2.18 bits per heavy atom. The van der Waals surface area contributed by atoms with Crippen molar-refractivity contribution in [3.63, 3.8) is 0 Å². The van der Waals surface area contributed by atoms with Gasteiger partial charge >= 0.3 is 5.97 Å². The van der Waals surface area contributed by atoms with Gasteiger partial charge in [0.25, 0.3) is 0 Å². The minimum absolute atomic E-state index is 0.00318. The SMILES string of the molecule is CC(C)CC(C)(C)C(=O)NCC(C)CC(=O)O. The van der Waals surface area contributed by atoms with E-state index in [2.05, 4.69) is 19.2 Å². The minimum atomic E-state index is -0.826. The van der Waals surface area contributed by atoms with Gasteiger partial charge in [-0.3, -0.25) is 9.59 Å². The second-order valence-electron chi connectivity index (χ2n) is 5.89. The fourth-order valence-electron chi connectivity index (χ4n) is 1.99. The van der Waals surface area contributed by atoms with Gasteiger partial charge in [-0.15, -0.1) is 0 Å². The van der Waals surface area contributed by atoms with E-state index >= 15 is 0 Å². The van der Waals surface area contributed by atoms with Crippen LogP contribution in [-0.2, 0) is 9.59 Å². The van der Waals surface area contributed by atoms with Gasteiger partial charge in [0, 0.05) is 18.4 Å². The third-order valence-corrected chi connectivity index (χ3v) is 2.67. The molecule has 0 aromatic rings. The molecule has 0 bridgehead atoms. The molecule has 0 aromatic heterocycles. The predicted octanol–water partition coefficient (Wildman–Crippen LogP) is 2.29. The average Bonchev–Trinajstić information content (AvgIpc) is 2.10. The van der Waals surface area contributed by atoms with Gasteiger partial charge in [0.05, 0.1) is 0 Å². The zero-order valence-electron chi connectivity index (χ0n) is 11.5. The first-order chi connectivity index (χ1) is 7.65. The van der Waals surface area contributed by atoms with E-state index in [1.165, 1.54) is 0 Å². The van der Waals surface area contributed by atoms with Gasteiger partial charge in [0.1, 0.15) is 0 Å². The molecule has 100 valence electrons. The third kappa shape index (κ3) is 6.97. The molecule has 0 aliphatic carbocycles. The van der Waals surface area contributed by atoms with Gasteiger partial charge in [-0.2, -0.15) is 0 Å². The highest BCUT2D eigenvalue weighted by Gasteiger charge is 2.28. The maximum atomic E-state index is 11.9. The lowest BCUT2D eigenvalue weighted by atomic mass is 9.83. The van der Waals surface area contributed by atoms with Crippen LogP contribution >= 0.6 is 0 Å². The summed E-state index contributed by atoms with van der Waals surface area (Å²) < 4.78 is 0. The highest BCUT2D eigenvalue weighted by atomic mass is 16.4. The van der Waals surface area contributed by atoms with E-state index in [0.29, 0.717) is 12.5 Å².